The van der Waals surface area contributed by atoms with Crippen molar-refractivity contribution in [2.45, 2.75) is 157 Å². The molecule has 12 unspecified atom stereocenters. The van der Waals surface area contributed by atoms with Crippen molar-refractivity contribution in [2.24, 2.45) is 23.7 Å². The third-order valence-corrected chi connectivity index (χ3v) is 21.9. The van der Waals surface area contributed by atoms with Gasteiger partial charge in [0.05, 0.1) is 31.8 Å². The Labute approximate surface area is 509 Å². The summed E-state index contributed by atoms with van der Waals surface area (Å²) in [7, 11) is 1.52. The summed E-state index contributed by atoms with van der Waals surface area (Å²) in [4.78, 5) is 46.4. The summed E-state index contributed by atoms with van der Waals surface area (Å²) >= 11 is 0. The fourth-order valence-corrected chi connectivity index (χ4v) is 17.7. The first-order valence-corrected chi connectivity index (χ1v) is 32.0. The lowest BCUT2D eigenvalue weighted by Gasteiger charge is -2.49. The van der Waals surface area contributed by atoms with Crippen LogP contribution in [0.2, 0.25) is 0 Å². The van der Waals surface area contributed by atoms with Crippen LogP contribution in [0.15, 0.2) is 142 Å². The van der Waals surface area contributed by atoms with Crippen LogP contribution in [0, 0.1) is 35.5 Å². The third-order valence-electron chi connectivity index (χ3n) is 21.9. The van der Waals surface area contributed by atoms with Crippen molar-refractivity contribution < 1.29 is 48.3 Å². The topological polar surface area (TPSA) is 162 Å². The highest BCUT2D eigenvalue weighted by atomic mass is 16.6. The summed E-state index contributed by atoms with van der Waals surface area (Å²) in [6, 6.07) is 37.0. The van der Waals surface area contributed by atoms with E-state index in [2.05, 4.69) is 127 Å². The Hall–Kier alpha value is -7.33. The molecule has 0 saturated heterocycles. The van der Waals surface area contributed by atoms with E-state index in [-0.39, 0.29) is 114 Å². The molecule has 3 N–H and O–H groups in total. The molecular formula is C76H78O11. The number of esters is 2. The number of benzene rings is 5. The van der Waals surface area contributed by atoms with Gasteiger partial charge in [-0.2, -0.15) is 0 Å². The molecular weight excluding hydrogens is 1090 g/mol. The Morgan fingerprint density at radius 3 is 2.54 bits per heavy atom. The maximum absolute atomic E-state index is 16.0. The number of hydrogen-bond donors (Lipinski definition) is 3. The predicted molar refractivity (Wildman–Crippen MR) is 333 cm³/mol. The molecule has 0 spiro atoms. The first-order valence-electron chi connectivity index (χ1n) is 32.0. The number of hydrogen-bond acceptors (Lipinski definition) is 11. The van der Waals surface area contributed by atoms with Crippen molar-refractivity contribution in [3.63, 3.8) is 0 Å². The van der Waals surface area contributed by atoms with Crippen LogP contribution in [0.25, 0.3) is 17.0 Å². The molecule has 8 aliphatic rings. The number of aliphatic hydroxyl groups excluding tert-OH is 3. The molecule has 12 atom stereocenters. The lowest BCUT2D eigenvalue weighted by Crippen LogP contribution is -2.60. The minimum atomic E-state index is -1.45. The molecule has 5 aromatic carbocycles. The number of carbonyl (C=O) groups excluding carboxylic acids is 2. The van der Waals surface area contributed by atoms with Crippen LogP contribution in [0.3, 0.4) is 0 Å². The lowest BCUT2D eigenvalue weighted by molar-refractivity contribution is -0.202. The number of aliphatic hydroxyl groups is 3. The van der Waals surface area contributed by atoms with Gasteiger partial charge in [-0.05, 0) is 168 Å². The van der Waals surface area contributed by atoms with Gasteiger partial charge in [-0.3, -0.25) is 4.79 Å². The van der Waals surface area contributed by atoms with E-state index in [0.717, 1.165) is 35.1 Å². The lowest BCUT2D eigenvalue weighted by atomic mass is 9.54. The van der Waals surface area contributed by atoms with Gasteiger partial charge < -0.3 is 38.7 Å². The highest BCUT2D eigenvalue weighted by Gasteiger charge is 2.62. The van der Waals surface area contributed by atoms with E-state index < -0.39 is 47.9 Å². The standard InChI is InChI=1S/C76H78O11/c1-45(42-78)58-27-20-46-21-28-60-51(36-46)14-7-10-34-76(57-39-52-23-22-47-12-3-5-18-59(47)63(52)41-57)72(86-73(58)81)71(69-66(87-76)31-30-62-64(43-79)68(74(82)85-70(62)69)53(32-35-77)44-83-2)84-67(80)40-54-37-50(25-29-61(54)60)49-15-11-17-56(38-49)75-33-9-8-16-55(75)26-24-48-13-4-6-19-65(48)75/h3-6,11-13,15,17-19,21-23,25,28-31,36,38,50,52-55,57,61,63,71-72,77-79H,8-9,14,16,20,24,26-27,32-35,37,39-44H2,1-2H3. The first kappa shape index (κ1) is 57.4. The van der Waals surface area contributed by atoms with Crippen LogP contribution < -0.4 is 10.4 Å². The van der Waals surface area contributed by atoms with Gasteiger partial charge in [0.2, 0.25) is 0 Å². The second-order valence-corrected chi connectivity index (χ2v) is 26.3. The number of carbonyl (C=O) groups is 2. The van der Waals surface area contributed by atoms with Crippen LogP contribution in [0.5, 0.6) is 5.75 Å². The SMILES string of the molecule is COCC(CCO)c1c(CO)c2ccc3c(c2oc1=O)C1OC(=O)CC2CC(c4cccc(C56CCCCC5CCc5ccccc56)c4)C=CC2c2ccc4cc2CC#CCC(C2CC5C=Cc6ccccc6C5C2)(O3)C1OC(=O)C(=C(C)CO)CC4. The number of ether oxygens (including phenoxy) is 4. The third kappa shape index (κ3) is 9.94. The van der Waals surface area contributed by atoms with E-state index in [1.807, 2.05) is 0 Å². The highest BCUT2D eigenvalue weighted by molar-refractivity contribution is 5.91. The summed E-state index contributed by atoms with van der Waals surface area (Å²) in [5.41, 5.74) is 10.3. The van der Waals surface area contributed by atoms with Crippen molar-refractivity contribution in [1.82, 2.24) is 0 Å². The predicted octanol–water partition coefficient (Wildman–Crippen LogP) is 13.0. The van der Waals surface area contributed by atoms with Crippen molar-refractivity contribution in [2.75, 3.05) is 26.9 Å². The summed E-state index contributed by atoms with van der Waals surface area (Å²) in [5, 5.41) is 32.8. The van der Waals surface area contributed by atoms with Gasteiger partial charge in [0.15, 0.2) is 17.8 Å². The average molecular weight is 1170 g/mol. The van der Waals surface area contributed by atoms with E-state index in [0.29, 0.717) is 54.6 Å². The number of methoxy groups -OCH3 is 1. The van der Waals surface area contributed by atoms with E-state index in [9.17, 15) is 20.1 Å². The van der Waals surface area contributed by atoms with Crippen LogP contribution in [-0.2, 0) is 55.1 Å². The zero-order valence-corrected chi connectivity index (χ0v) is 49.9. The quantitative estimate of drug-likeness (QED) is 0.0393. The summed E-state index contributed by atoms with van der Waals surface area (Å²) < 4.78 is 34.0. The Morgan fingerprint density at radius 2 is 1.68 bits per heavy atom. The molecule has 4 heterocycles. The zero-order valence-electron chi connectivity index (χ0n) is 49.9. The van der Waals surface area contributed by atoms with E-state index in [1.54, 1.807) is 19.1 Å². The number of rotatable bonds is 10. The smallest absolute Gasteiger partial charge is 0.340 e. The number of aryl methyl sites for hydroxylation is 2. The average Bonchev–Trinajstić information content (AvgIpc) is 1.64. The van der Waals surface area contributed by atoms with Gasteiger partial charge in [0, 0.05) is 72.2 Å². The minimum Gasteiger partial charge on any atom is -0.481 e. The molecule has 14 rings (SSSR count). The zero-order chi connectivity index (χ0) is 59.6. The molecule has 5 bridgehead atoms. The number of fused-ring (bicyclic) bond motifs is 15. The second kappa shape index (κ2) is 23.6. The van der Waals surface area contributed by atoms with Crippen LogP contribution in [-0.4, -0.2) is 65.9 Å². The van der Waals surface area contributed by atoms with Gasteiger partial charge in [-0.1, -0.05) is 140 Å². The van der Waals surface area contributed by atoms with E-state index in [4.69, 9.17) is 23.4 Å². The van der Waals surface area contributed by atoms with Crippen LogP contribution >= 0.6 is 0 Å². The fourth-order valence-electron chi connectivity index (χ4n) is 17.7. The molecule has 1 aromatic heterocycles. The molecule has 11 nitrogen and oxygen atoms in total. The molecule has 11 heteroatoms. The molecule has 3 aliphatic heterocycles. The van der Waals surface area contributed by atoms with Crippen molar-refractivity contribution >= 4 is 29.0 Å². The normalized spacial score (nSPS) is 29.6. The molecule has 2 saturated carbocycles. The van der Waals surface area contributed by atoms with E-state index in [1.165, 1.54) is 60.6 Å². The van der Waals surface area contributed by atoms with Gasteiger partial charge in [-0.15, -0.1) is 0 Å². The number of allylic oxidation sites excluding steroid dienone is 3. The summed E-state index contributed by atoms with van der Waals surface area (Å²) in [6.45, 7) is 0.637. The largest absolute Gasteiger partial charge is 0.481 e. The van der Waals surface area contributed by atoms with Crippen molar-refractivity contribution in [1.29, 1.82) is 0 Å². The Balaban J connectivity index is 0.950. The maximum Gasteiger partial charge on any atom is 0.340 e. The van der Waals surface area contributed by atoms with Crippen LogP contribution in [0.4, 0.5) is 0 Å². The Morgan fingerprint density at radius 1 is 0.805 bits per heavy atom. The molecule has 5 aliphatic carbocycles. The monoisotopic (exact) mass is 1170 g/mol. The van der Waals surface area contributed by atoms with Gasteiger partial charge in [0.25, 0.3) is 0 Å². The van der Waals surface area contributed by atoms with Gasteiger partial charge >= 0.3 is 17.6 Å². The summed E-state index contributed by atoms with van der Waals surface area (Å²) in [6.07, 6.45) is 16.8. The molecule has 2 fully saturated rings. The van der Waals surface area contributed by atoms with Crippen molar-refractivity contribution in [3.8, 4) is 17.6 Å². The minimum absolute atomic E-state index is 0.00233. The summed E-state index contributed by atoms with van der Waals surface area (Å²) in [5.74, 6) is 5.75. The molecule has 0 amide bonds. The van der Waals surface area contributed by atoms with Crippen molar-refractivity contribution in [3.05, 3.63) is 210 Å². The van der Waals surface area contributed by atoms with Gasteiger partial charge in [-0.25, -0.2) is 9.59 Å². The van der Waals surface area contributed by atoms with Crippen LogP contribution in [0.1, 0.15) is 181 Å². The molecule has 6 aromatic rings. The second-order valence-electron chi connectivity index (χ2n) is 26.3. The van der Waals surface area contributed by atoms with Gasteiger partial charge in [0.1, 0.15) is 11.3 Å². The Kier molecular flexibility index (Phi) is 15.6. The molecule has 448 valence electrons. The highest BCUT2D eigenvalue weighted by Crippen LogP contribution is 2.60. The van der Waals surface area contributed by atoms with E-state index >= 15 is 9.59 Å². The maximum atomic E-state index is 16.0. The molecule has 0 radical (unpaired) electrons. The fraction of sp³-hybridized carbons (Fsp3) is 0.434. The first-order chi connectivity index (χ1) is 42.5. The Bertz CT molecular complexity index is 3900. The molecule has 87 heavy (non-hydrogen) atoms.